The van der Waals surface area contributed by atoms with E-state index in [1.807, 2.05) is 0 Å². The van der Waals surface area contributed by atoms with Crippen molar-refractivity contribution in [2.75, 3.05) is 11.4 Å². The maximum atomic E-state index is 11.6. The average molecular weight is 262 g/mol. The number of thiol groups is 1. The van der Waals surface area contributed by atoms with Crippen molar-refractivity contribution in [3.05, 3.63) is 28.2 Å². The third-order valence-corrected chi connectivity index (χ3v) is 3.27. The molecule has 1 heterocycles. The zero-order valence-corrected chi connectivity index (χ0v) is 10.2. The Morgan fingerprint density at radius 1 is 1.33 bits per heavy atom. The highest BCUT2D eigenvalue weighted by molar-refractivity contribution is 7.81. The van der Waals surface area contributed by atoms with E-state index in [4.69, 9.17) is 23.2 Å². The van der Waals surface area contributed by atoms with Crippen LogP contribution in [0.3, 0.4) is 0 Å². The molecular formula is C10H9Cl2NOS. The smallest absolute Gasteiger partial charge is 0.228 e. The van der Waals surface area contributed by atoms with E-state index in [2.05, 4.69) is 12.6 Å². The van der Waals surface area contributed by atoms with Crippen molar-refractivity contribution in [2.24, 2.45) is 0 Å². The highest BCUT2D eigenvalue weighted by Crippen LogP contribution is 2.36. The highest BCUT2D eigenvalue weighted by Gasteiger charge is 2.30. The summed E-state index contributed by atoms with van der Waals surface area (Å²) in [7, 11) is 0. The van der Waals surface area contributed by atoms with Gasteiger partial charge in [-0.2, -0.15) is 12.6 Å². The largest absolute Gasteiger partial charge is 0.308 e. The van der Waals surface area contributed by atoms with Crippen LogP contribution < -0.4 is 4.90 Å². The third kappa shape index (κ3) is 2.10. The van der Waals surface area contributed by atoms with Crippen LogP contribution in [0.1, 0.15) is 6.42 Å². The Hall–Kier alpha value is -0.380. The quantitative estimate of drug-likeness (QED) is 0.771. The minimum atomic E-state index is 0.0185. The summed E-state index contributed by atoms with van der Waals surface area (Å²) in [5.74, 6) is 0.0185. The Bertz CT molecular complexity index is 390. The average Bonchev–Trinajstić information content (AvgIpc) is 2.45. The van der Waals surface area contributed by atoms with Crippen molar-refractivity contribution in [3.63, 3.8) is 0 Å². The van der Waals surface area contributed by atoms with Crippen LogP contribution in [0.2, 0.25) is 10.0 Å². The molecule has 2 rings (SSSR count). The van der Waals surface area contributed by atoms with E-state index in [9.17, 15) is 4.79 Å². The summed E-state index contributed by atoms with van der Waals surface area (Å²) in [5, 5.41) is 1.06. The molecule has 1 amide bonds. The van der Waals surface area contributed by atoms with Crippen LogP contribution in [0.5, 0.6) is 0 Å². The van der Waals surface area contributed by atoms with E-state index in [0.29, 0.717) is 28.7 Å². The molecule has 1 atom stereocenters. The molecule has 5 heteroatoms. The van der Waals surface area contributed by atoms with Gasteiger partial charge in [0.2, 0.25) is 5.91 Å². The fourth-order valence-electron chi connectivity index (χ4n) is 1.65. The summed E-state index contributed by atoms with van der Waals surface area (Å²) in [6, 6.07) is 5.21. The summed E-state index contributed by atoms with van der Waals surface area (Å²) in [6.45, 7) is 0.561. The number of hydrogen-bond acceptors (Lipinski definition) is 2. The molecule has 1 aliphatic rings. The Balaban J connectivity index is 2.41. The molecule has 0 spiro atoms. The van der Waals surface area contributed by atoms with E-state index in [-0.39, 0.29) is 11.2 Å². The molecule has 1 unspecified atom stereocenters. The summed E-state index contributed by atoms with van der Waals surface area (Å²) >= 11 is 16.3. The first kappa shape index (κ1) is 11.1. The number of carbonyl (C=O) groups is 1. The van der Waals surface area contributed by atoms with Gasteiger partial charge in [-0.15, -0.1) is 0 Å². The highest BCUT2D eigenvalue weighted by atomic mass is 35.5. The van der Waals surface area contributed by atoms with E-state index in [1.165, 1.54) is 0 Å². The fraction of sp³-hybridized carbons (Fsp3) is 0.300. The molecule has 1 aliphatic heterocycles. The summed E-state index contributed by atoms with van der Waals surface area (Å²) in [4.78, 5) is 13.2. The number of hydrogen-bond donors (Lipinski definition) is 1. The second-order valence-electron chi connectivity index (χ2n) is 3.43. The molecule has 0 bridgehead atoms. The summed E-state index contributed by atoms with van der Waals surface area (Å²) in [6.07, 6.45) is 0.435. The second-order valence-corrected chi connectivity index (χ2v) is 4.98. The topological polar surface area (TPSA) is 20.3 Å². The van der Waals surface area contributed by atoms with Gasteiger partial charge in [0, 0.05) is 18.2 Å². The first-order chi connectivity index (χ1) is 7.09. The van der Waals surface area contributed by atoms with Gasteiger partial charge in [-0.3, -0.25) is 4.79 Å². The van der Waals surface area contributed by atoms with E-state index in [0.717, 1.165) is 0 Å². The Kier molecular flexibility index (Phi) is 3.14. The molecule has 80 valence electrons. The van der Waals surface area contributed by atoms with Crippen LogP contribution in [0, 0.1) is 0 Å². The lowest BCUT2D eigenvalue weighted by molar-refractivity contribution is -0.117. The Morgan fingerprint density at radius 2 is 1.93 bits per heavy atom. The zero-order chi connectivity index (χ0) is 11.0. The molecule has 0 aromatic heterocycles. The van der Waals surface area contributed by atoms with Gasteiger partial charge in [0.1, 0.15) is 0 Å². The lowest BCUT2D eigenvalue weighted by atomic mass is 10.3. The summed E-state index contributed by atoms with van der Waals surface area (Å²) in [5.41, 5.74) is 0.599. The molecule has 1 aromatic carbocycles. The number of rotatable bonds is 1. The maximum absolute atomic E-state index is 11.6. The lowest BCUT2D eigenvalue weighted by Crippen LogP contribution is -2.25. The van der Waals surface area contributed by atoms with Crippen molar-refractivity contribution in [3.8, 4) is 0 Å². The van der Waals surface area contributed by atoms with E-state index >= 15 is 0 Å². The molecule has 0 N–H and O–H groups in total. The van der Waals surface area contributed by atoms with Crippen molar-refractivity contribution < 1.29 is 4.79 Å². The van der Waals surface area contributed by atoms with Crippen molar-refractivity contribution >= 4 is 47.4 Å². The van der Waals surface area contributed by atoms with E-state index < -0.39 is 0 Å². The van der Waals surface area contributed by atoms with Gasteiger partial charge >= 0.3 is 0 Å². The molecule has 0 radical (unpaired) electrons. The van der Waals surface area contributed by atoms with E-state index in [1.54, 1.807) is 23.1 Å². The SMILES string of the molecule is O=C1CC(S)CN1c1c(Cl)cccc1Cl. The standard InChI is InChI=1S/C10H9Cl2NOS/c11-7-2-1-3-8(12)10(7)13-5-6(15)4-9(13)14/h1-3,6,15H,4-5H2. The van der Waals surface area contributed by atoms with Crippen molar-refractivity contribution in [1.29, 1.82) is 0 Å². The number of benzene rings is 1. The Morgan fingerprint density at radius 3 is 2.40 bits per heavy atom. The van der Waals surface area contributed by atoms with Gasteiger partial charge in [0.25, 0.3) is 0 Å². The molecule has 0 saturated carbocycles. The number of halogens is 2. The van der Waals surface area contributed by atoms with Gasteiger partial charge in [0.15, 0.2) is 0 Å². The molecule has 1 saturated heterocycles. The number of para-hydroxylation sites is 1. The van der Waals surface area contributed by atoms with Crippen molar-refractivity contribution in [1.82, 2.24) is 0 Å². The van der Waals surface area contributed by atoms with Gasteiger partial charge < -0.3 is 4.90 Å². The minimum Gasteiger partial charge on any atom is -0.308 e. The van der Waals surface area contributed by atoms with Crippen molar-refractivity contribution in [2.45, 2.75) is 11.7 Å². The second kappa shape index (κ2) is 4.24. The third-order valence-electron chi connectivity index (χ3n) is 2.31. The van der Waals surface area contributed by atoms with Gasteiger partial charge in [-0.25, -0.2) is 0 Å². The molecule has 1 fully saturated rings. The maximum Gasteiger partial charge on any atom is 0.228 e. The van der Waals surface area contributed by atoms with Crippen LogP contribution in [0.15, 0.2) is 18.2 Å². The van der Waals surface area contributed by atoms with Gasteiger partial charge in [0.05, 0.1) is 15.7 Å². The van der Waals surface area contributed by atoms with Crippen LogP contribution in [-0.2, 0) is 4.79 Å². The number of carbonyl (C=O) groups excluding carboxylic acids is 1. The van der Waals surface area contributed by atoms with Gasteiger partial charge in [-0.05, 0) is 12.1 Å². The monoisotopic (exact) mass is 261 g/mol. The normalized spacial score (nSPS) is 21.1. The molecule has 15 heavy (non-hydrogen) atoms. The molecule has 1 aromatic rings. The number of amides is 1. The predicted octanol–water partition coefficient (Wildman–Crippen LogP) is 3.03. The zero-order valence-electron chi connectivity index (χ0n) is 7.78. The first-order valence-electron chi connectivity index (χ1n) is 4.52. The fourth-order valence-corrected chi connectivity index (χ4v) is 2.57. The lowest BCUT2D eigenvalue weighted by Gasteiger charge is -2.18. The van der Waals surface area contributed by atoms with Crippen LogP contribution in [0.4, 0.5) is 5.69 Å². The number of anilines is 1. The molecular weight excluding hydrogens is 253 g/mol. The molecule has 0 aliphatic carbocycles. The minimum absolute atomic E-state index is 0.0185. The van der Waals surface area contributed by atoms with Crippen LogP contribution in [-0.4, -0.2) is 17.7 Å². The van der Waals surface area contributed by atoms with Gasteiger partial charge in [-0.1, -0.05) is 29.3 Å². The van der Waals surface area contributed by atoms with Crippen LogP contribution in [0.25, 0.3) is 0 Å². The van der Waals surface area contributed by atoms with Crippen LogP contribution >= 0.6 is 35.8 Å². The summed E-state index contributed by atoms with van der Waals surface area (Å²) < 4.78 is 0. The number of nitrogens with zero attached hydrogens (tertiary/aromatic N) is 1. The first-order valence-corrected chi connectivity index (χ1v) is 5.79. The predicted molar refractivity (Wildman–Crippen MR) is 66.2 cm³/mol. The molecule has 2 nitrogen and oxygen atoms in total. The Labute approximate surface area is 104 Å².